The molecule has 1 aliphatic carbocycles. The Balaban J connectivity index is 2.93. The summed E-state index contributed by atoms with van der Waals surface area (Å²) >= 11 is 0. The van der Waals surface area contributed by atoms with Gasteiger partial charge in [-0.2, -0.15) is 0 Å². The fourth-order valence-corrected chi connectivity index (χ4v) is 1.30. The van der Waals surface area contributed by atoms with Gasteiger partial charge < -0.3 is 0 Å². The second kappa shape index (κ2) is 2.56. The number of primary sulfonamides is 1. The van der Waals surface area contributed by atoms with Gasteiger partial charge in [0.15, 0.2) is 0 Å². The second-order valence-corrected chi connectivity index (χ2v) is 3.54. The predicted octanol–water partition coefficient (Wildman–Crippen LogP) is 0.323. The van der Waals surface area contributed by atoms with Gasteiger partial charge in [-0.25, -0.2) is 13.6 Å². The smallest absolute Gasteiger partial charge is 0.225 e. The first-order valence-corrected chi connectivity index (χ1v) is 4.38. The number of hydrogen-bond donors (Lipinski definition) is 1. The van der Waals surface area contributed by atoms with Crippen LogP contribution in [-0.2, 0) is 10.0 Å². The quantitative estimate of drug-likeness (QED) is 0.597. The molecule has 0 aromatic carbocycles. The molecule has 1 radical (unpaired) electrons. The van der Waals surface area contributed by atoms with E-state index in [1.807, 2.05) is 6.08 Å². The Kier molecular flexibility index (Phi) is 1.92. The topological polar surface area (TPSA) is 60.2 Å². The largest absolute Gasteiger partial charge is 0.234 e. The zero-order valence-electron chi connectivity index (χ0n) is 5.32. The first kappa shape index (κ1) is 7.50. The van der Waals surface area contributed by atoms with Crippen molar-refractivity contribution in [1.82, 2.24) is 0 Å². The molecule has 0 fully saturated rings. The van der Waals surface area contributed by atoms with Crippen molar-refractivity contribution in [2.24, 2.45) is 5.14 Å². The van der Waals surface area contributed by atoms with Gasteiger partial charge >= 0.3 is 0 Å². The number of sulfonamides is 1. The number of hydrogen-bond acceptors (Lipinski definition) is 2. The summed E-state index contributed by atoms with van der Waals surface area (Å²) in [6.07, 6.45) is 7.24. The Morgan fingerprint density at radius 3 is 2.50 bits per heavy atom. The third kappa shape index (κ3) is 1.68. The Hall–Kier alpha value is -0.610. The summed E-state index contributed by atoms with van der Waals surface area (Å²) < 4.78 is 21.3. The molecule has 0 spiro atoms. The van der Waals surface area contributed by atoms with Crippen LogP contribution in [0.2, 0.25) is 0 Å². The van der Waals surface area contributed by atoms with Crippen LogP contribution in [-0.4, -0.2) is 8.42 Å². The zero-order valence-corrected chi connectivity index (χ0v) is 6.14. The molecule has 3 nitrogen and oxygen atoms in total. The number of allylic oxidation sites excluding steroid dienone is 4. The molecule has 55 valence electrons. The van der Waals surface area contributed by atoms with Crippen molar-refractivity contribution >= 4 is 10.0 Å². The minimum Gasteiger partial charge on any atom is -0.225 e. The van der Waals surface area contributed by atoms with Gasteiger partial charge in [0.1, 0.15) is 0 Å². The average Bonchev–Trinajstić information content (AvgIpc) is 1.88. The highest BCUT2D eigenvalue weighted by molar-refractivity contribution is 7.93. The molecule has 0 heterocycles. The van der Waals surface area contributed by atoms with E-state index in [1.165, 1.54) is 6.08 Å². The fraction of sp³-hybridized carbons (Fsp3) is 0.167. The molecular weight excluding hydrogens is 150 g/mol. The second-order valence-electron chi connectivity index (χ2n) is 1.98. The summed E-state index contributed by atoms with van der Waals surface area (Å²) in [5, 5.41) is 4.85. The van der Waals surface area contributed by atoms with E-state index >= 15 is 0 Å². The number of rotatable bonds is 1. The molecule has 0 atom stereocenters. The van der Waals surface area contributed by atoms with Crippen molar-refractivity contribution in [1.29, 1.82) is 0 Å². The van der Waals surface area contributed by atoms with Crippen LogP contribution in [0.15, 0.2) is 23.1 Å². The molecule has 0 bridgehead atoms. The SMILES string of the molecule is NS(=O)(=O)C1=CC=CC[CH]1. The molecule has 1 aliphatic rings. The predicted molar refractivity (Wildman–Crippen MR) is 39.2 cm³/mol. The lowest BCUT2D eigenvalue weighted by molar-refractivity contribution is 0.603. The molecule has 0 aromatic heterocycles. The first-order valence-electron chi connectivity index (χ1n) is 2.83. The van der Waals surface area contributed by atoms with Gasteiger partial charge in [-0.1, -0.05) is 12.2 Å². The van der Waals surface area contributed by atoms with Crippen LogP contribution in [0.3, 0.4) is 0 Å². The highest BCUT2D eigenvalue weighted by Gasteiger charge is 2.11. The van der Waals surface area contributed by atoms with E-state index < -0.39 is 10.0 Å². The van der Waals surface area contributed by atoms with E-state index in [0.29, 0.717) is 6.42 Å². The summed E-state index contributed by atoms with van der Waals surface area (Å²) in [6, 6.07) is 0. The summed E-state index contributed by atoms with van der Waals surface area (Å²) in [4.78, 5) is 0.204. The molecule has 1 rings (SSSR count). The lowest BCUT2D eigenvalue weighted by atomic mass is 10.2. The fourth-order valence-electron chi connectivity index (χ4n) is 0.705. The van der Waals surface area contributed by atoms with Crippen molar-refractivity contribution in [2.45, 2.75) is 6.42 Å². The summed E-state index contributed by atoms with van der Waals surface area (Å²) in [7, 11) is -3.47. The van der Waals surface area contributed by atoms with Crippen molar-refractivity contribution in [3.05, 3.63) is 29.6 Å². The summed E-state index contributed by atoms with van der Waals surface area (Å²) in [6.45, 7) is 0. The lowest BCUT2D eigenvalue weighted by Crippen LogP contribution is -2.15. The van der Waals surface area contributed by atoms with E-state index in [2.05, 4.69) is 0 Å². The van der Waals surface area contributed by atoms with Gasteiger partial charge in [0.05, 0.1) is 4.91 Å². The van der Waals surface area contributed by atoms with Gasteiger partial charge in [0.25, 0.3) is 0 Å². The Labute approximate surface area is 60.3 Å². The van der Waals surface area contributed by atoms with E-state index in [4.69, 9.17) is 5.14 Å². The molecule has 4 heteroatoms. The third-order valence-corrected chi connectivity index (χ3v) is 2.14. The maximum Gasteiger partial charge on any atom is 0.234 e. The van der Waals surface area contributed by atoms with Gasteiger partial charge in [-0.05, 0) is 12.5 Å². The molecule has 2 N–H and O–H groups in total. The van der Waals surface area contributed by atoms with Crippen LogP contribution < -0.4 is 5.14 Å². The van der Waals surface area contributed by atoms with E-state index in [0.717, 1.165) is 0 Å². The van der Waals surface area contributed by atoms with Crippen LogP contribution >= 0.6 is 0 Å². The monoisotopic (exact) mass is 158 g/mol. The van der Waals surface area contributed by atoms with Crippen LogP contribution in [0.4, 0.5) is 0 Å². The van der Waals surface area contributed by atoms with Crippen molar-refractivity contribution in [3.63, 3.8) is 0 Å². The summed E-state index contributed by atoms with van der Waals surface area (Å²) in [5.41, 5.74) is 0. The Morgan fingerprint density at radius 1 is 1.50 bits per heavy atom. The van der Waals surface area contributed by atoms with E-state index in [-0.39, 0.29) is 4.91 Å². The lowest BCUT2D eigenvalue weighted by Gasteiger charge is -2.03. The minimum atomic E-state index is -3.47. The molecule has 0 amide bonds. The minimum absolute atomic E-state index is 0.204. The highest BCUT2D eigenvalue weighted by Crippen LogP contribution is 2.13. The highest BCUT2D eigenvalue weighted by atomic mass is 32.2. The molecule has 10 heavy (non-hydrogen) atoms. The van der Waals surface area contributed by atoms with Gasteiger partial charge in [0.2, 0.25) is 10.0 Å². The van der Waals surface area contributed by atoms with Crippen LogP contribution in [0.25, 0.3) is 0 Å². The van der Waals surface area contributed by atoms with Crippen LogP contribution in [0.1, 0.15) is 6.42 Å². The van der Waals surface area contributed by atoms with E-state index in [1.54, 1.807) is 12.5 Å². The van der Waals surface area contributed by atoms with Gasteiger partial charge in [-0.3, -0.25) is 0 Å². The Bertz CT molecular complexity index is 274. The maximum absolute atomic E-state index is 10.6. The van der Waals surface area contributed by atoms with Crippen LogP contribution in [0.5, 0.6) is 0 Å². The van der Waals surface area contributed by atoms with E-state index in [9.17, 15) is 8.42 Å². The van der Waals surface area contributed by atoms with Crippen LogP contribution in [0, 0.1) is 6.42 Å². The van der Waals surface area contributed by atoms with Crippen molar-refractivity contribution in [2.75, 3.05) is 0 Å². The molecule has 0 saturated heterocycles. The molecule has 0 unspecified atom stereocenters. The zero-order chi connectivity index (χ0) is 7.61. The standard InChI is InChI=1S/C6H8NO2S/c7-10(8,9)6-4-2-1-3-5-6/h1-2,4-5H,3H2,(H2,7,8,9). The first-order chi connectivity index (χ1) is 4.61. The average molecular weight is 158 g/mol. The van der Waals surface area contributed by atoms with Gasteiger partial charge in [0, 0.05) is 6.42 Å². The van der Waals surface area contributed by atoms with Crippen molar-refractivity contribution in [3.8, 4) is 0 Å². The van der Waals surface area contributed by atoms with Gasteiger partial charge in [-0.15, -0.1) is 0 Å². The third-order valence-electron chi connectivity index (χ3n) is 1.18. The van der Waals surface area contributed by atoms with Crippen molar-refractivity contribution < 1.29 is 8.42 Å². The normalized spacial score (nSPS) is 18.7. The molecule has 0 aromatic rings. The molecular formula is C6H8NO2S. The molecule has 0 saturated carbocycles. The molecule has 0 aliphatic heterocycles. The Morgan fingerprint density at radius 2 is 2.20 bits per heavy atom. The maximum atomic E-state index is 10.6. The number of nitrogens with two attached hydrogens (primary N) is 1. The summed E-state index contributed by atoms with van der Waals surface area (Å²) in [5.74, 6) is 0.